The van der Waals surface area contributed by atoms with Gasteiger partial charge in [0, 0.05) is 5.56 Å². The van der Waals surface area contributed by atoms with Crippen molar-refractivity contribution in [2.24, 2.45) is 0 Å². The number of benzene rings is 1. The second-order valence-corrected chi connectivity index (χ2v) is 4.35. The topological polar surface area (TPSA) is 49.7 Å². The molecule has 0 fully saturated rings. The quantitative estimate of drug-likeness (QED) is 0.806. The Morgan fingerprint density at radius 3 is 2.56 bits per heavy atom. The average Bonchev–Trinajstić information content (AvgIpc) is 2.27. The Bertz CT molecular complexity index is 332. The molecule has 3 heteroatoms. The molecule has 0 bridgehead atoms. The van der Waals surface area contributed by atoms with Crippen molar-refractivity contribution >= 4 is 0 Å². The number of ether oxygens (including phenoxy) is 1. The third kappa shape index (κ3) is 3.51. The van der Waals surface area contributed by atoms with Crippen molar-refractivity contribution in [3.05, 3.63) is 29.8 Å². The van der Waals surface area contributed by atoms with Crippen LogP contribution in [0.5, 0.6) is 5.75 Å². The molecule has 2 N–H and O–H groups in total. The Labute approximate surface area is 96.7 Å². The van der Waals surface area contributed by atoms with Gasteiger partial charge in [-0.25, -0.2) is 0 Å². The van der Waals surface area contributed by atoms with Gasteiger partial charge in [0.2, 0.25) is 0 Å². The van der Waals surface area contributed by atoms with E-state index in [2.05, 4.69) is 0 Å². The first-order chi connectivity index (χ1) is 7.46. The highest BCUT2D eigenvalue weighted by Gasteiger charge is 2.19. The summed E-state index contributed by atoms with van der Waals surface area (Å²) in [4.78, 5) is 0. The van der Waals surface area contributed by atoms with Crippen molar-refractivity contribution in [1.29, 1.82) is 0 Å². The van der Waals surface area contributed by atoms with Crippen LogP contribution in [-0.4, -0.2) is 22.4 Å². The molecule has 0 amide bonds. The van der Waals surface area contributed by atoms with E-state index in [9.17, 15) is 10.2 Å². The van der Waals surface area contributed by atoms with Crippen LogP contribution in [-0.2, 0) is 0 Å². The third-order valence-corrected chi connectivity index (χ3v) is 2.67. The van der Waals surface area contributed by atoms with Gasteiger partial charge in [-0.05, 0) is 26.3 Å². The van der Waals surface area contributed by atoms with Crippen LogP contribution in [0.3, 0.4) is 0 Å². The van der Waals surface area contributed by atoms with Crippen molar-refractivity contribution in [2.75, 3.05) is 6.61 Å². The van der Waals surface area contributed by atoms with E-state index in [1.807, 2.05) is 25.1 Å². The molecule has 0 saturated heterocycles. The van der Waals surface area contributed by atoms with E-state index in [0.717, 1.165) is 5.56 Å². The maximum Gasteiger partial charge on any atom is 0.125 e. The first-order valence-corrected chi connectivity index (χ1v) is 5.58. The van der Waals surface area contributed by atoms with Crippen molar-refractivity contribution in [3.63, 3.8) is 0 Å². The highest BCUT2D eigenvalue weighted by molar-refractivity contribution is 5.34. The van der Waals surface area contributed by atoms with Gasteiger partial charge in [0.05, 0.1) is 11.7 Å². The molecule has 0 spiro atoms. The third-order valence-electron chi connectivity index (χ3n) is 2.67. The van der Waals surface area contributed by atoms with Crippen LogP contribution in [0, 0.1) is 0 Å². The minimum atomic E-state index is -0.828. The van der Waals surface area contributed by atoms with Crippen LogP contribution in [0.4, 0.5) is 0 Å². The zero-order chi connectivity index (χ0) is 12.2. The molecular weight excluding hydrogens is 204 g/mol. The number of hydrogen-bond donors (Lipinski definition) is 2. The van der Waals surface area contributed by atoms with Gasteiger partial charge in [0.15, 0.2) is 0 Å². The van der Waals surface area contributed by atoms with Crippen LogP contribution in [0.25, 0.3) is 0 Å². The molecule has 16 heavy (non-hydrogen) atoms. The van der Waals surface area contributed by atoms with Crippen molar-refractivity contribution < 1.29 is 14.9 Å². The summed E-state index contributed by atoms with van der Waals surface area (Å²) in [5.74, 6) is 0.631. The number of hydrogen-bond acceptors (Lipinski definition) is 3. The van der Waals surface area contributed by atoms with Gasteiger partial charge in [-0.1, -0.05) is 25.1 Å². The zero-order valence-electron chi connectivity index (χ0n) is 10.1. The predicted octanol–water partition coefficient (Wildman–Crippen LogP) is 2.28. The van der Waals surface area contributed by atoms with E-state index in [0.29, 0.717) is 12.2 Å². The lowest BCUT2D eigenvalue weighted by molar-refractivity contribution is 0.00746. The Balaban J connectivity index is 2.74. The van der Waals surface area contributed by atoms with Gasteiger partial charge < -0.3 is 14.9 Å². The Hall–Kier alpha value is -1.06. The molecule has 0 aliphatic carbocycles. The lowest BCUT2D eigenvalue weighted by atomic mass is 10.1. The summed E-state index contributed by atoms with van der Waals surface area (Å²) in [5.41, 5.74) is -0.0828. The van der Waals surface area contributed by atoms with Gasteiger partial charge in [0.25, 0.3) is 0 Å². The maximum absolute atomic E-state index is 9.83. The molecule has 1 aromatic rings. The smallest absolute Gasteiger partial charge is 0.125 e. The summed E-state index contributed by atoms with van der Waals surface area (Å²) in [6.07, 6.45) is 0.0619. The van der Waals surface area contributed by atoms with E-state index in [-0.39, 0.29) is 6.61 Å². The van der Waals surface area contributed by atoms with E-state index in [1.165, 1.54) is 0 Å². The standard InChI is InChI=1S/C13H20O3/c1-4-13(3,15)9-16-12-8-6-5-7-11(12)10(2)14/h5-8,10,14-15H,4,9H2,1-3H3/t10-,13?/m0/s1. The molecule has 0 aliphatic heterocycles. The molecule has 0 saturated carbocycles. The number of aliphatic hydroxyl groups excluding tert-OH is 1. The Morgan fingerprint density at radius 1 is 1.38 bits per heavy atom. The zero-order valence-corrected chi connectivity index (χ0v) is 10.1. The van der Waals surface area contributed by atoms with Crippen molar-refractivity contribution in [3.8, 4) is 5.75 Å². The minimum absolute atomic E-state index is 0.229. The SMILES string of the molecule is CCC(C)(O)COc1ccccc1[C@H](C)O. The number of para-hydroxylation sites is 1. The fourth-order valence-corrected chi connectivity index (χ4v) is 1.29. The summed E-state index contributed by atoms with van der Waals surface area (Å²) >= 11 is 0. The summed E-state index contributed by atoms with van der Waals surface area (Å²) in [6, 6.07) is 7.32. The fourth-order valence-electron chi connectivity index (χ4n) is 1.29. The van der Waals surface area contributed by atoms with E-state index >= 15 is 0 Å². The molecule has 0 heterocycles. The summed E-state index contributed by atoms with van der Waals surface area (Å²) < 4.78 is 5.54. The fraction of sp³-hybridized carbons (Fsp3) is 0.538. The van der Waals surface area contributed by atoms with Crippen LogP contribution in [0.15, 0.2) is 24.3 Å². The lowest BCUT2D eigenvalue weighted by Crippen LogP contribution is -2.31. The highest BCUT2D eigenvalue weighted by atomic mass is 16.5. The number of aliphatic hydroxyl groups is 2. The molecule has 3 nitrogen and oxygen atoms in total. The summed E-state index contributed by atoms with van der Waals surface area (Å²) in [6.45, 7) is 5.56. The predicted molar refractivity (Wildman–Crippen MR) is 63.5 cm³/mol. The highest BCUT2D eigenvalue weighted by Crippen LogP contribution is 2.25. The van der Waals surface area contributed by atoms with E-state index in [1.54, 1.807) is 19.9 Å². The van der Waals surface area contributed by atoms with Gasteiger partial charge in [-0.3, -0.25) is 0 Å². The molecule has 1 aromatic carbocycles. The number of rotatable bonds is 5. The van der Waals surface area contributed by atoms with E-state index < -0.39 is 11.7 Å². The summed E-state index contributed by atoms with van der Waals surface area (Å²) in [5, 5.41) is 19.4. The van der Waals surface area contributed by atoms with Gasteiger partial charge in [-0.2, -0.15) is 0 Å². The minimum Gasteiger partial charge on any atom is -0.490 e. The second-order valence-electron chi connectivity index (χ2n) is 4.35. The van der Waals surface area contributed by atoms with Crippen LogP contribution in [0.2, 0.25) is 0 Å². The van der Waals surface area contributed by atoms with Gasteiger partial charge >= 0.3 is 0 Å². The molecule has 1 rings (SSSR count). The normalized spacial score (nSPS) is 16.6. The van der Waals surface area contributed by atoms with Gasteiger partial charge in [-0.15, -0.1) is 0 Å². The van der Waals surface area contributed by atoms with Crippen LogP contribution in [0.1, 0.15) is 38.9 Å². The van der Waals surface area contributed by atoms with Gasteiger partial charge in [0.1, 0.15) is 12.4 Å². The Morgan fingerprint density at radius 2 is 2.00 bits per heavy atom. The lowest BCUT2D eigenvalue weighted by Gasteiger charge is -2.22. The average molecular weight is 224 g/mol. The molecule has 1 unspecified atom stereocenters. The second kappa shape index (κ2) is 5.32. The first-order valence-electron chi connectivity index (χ1n) is 5.58. The Kier molecular flexibility index (Phi) is 4.33. The monoisotopic (exact) mass is 224 g/mol. The maximum atomic E-state index is 9.83. The molecule has 0 aliphatic rings. The van der Waals surface area contributed by atoms with Crippen LogP contribution < -0.4 is 4.74 Å². The largest absolute Gasteiger partial charge is 0.490 e. The van der Waals surface area contributed by atoms with Crippen molar-refractivity contribution in [1.82, 2.24) is 0 Å². The summed E-state index contributed by atoms with van der Waals surface area (Å²) in [7, 11) is 0. The van der Waals surface area contributed by atoms with Crippen LogP contribution >= 0.6 is 0 Å². The molecule has 2 atom stereocenters. The molecule has 0 aromatic heterocycles. The first kappa shape index (κ1) is 13.0. The molecule has 0 radical (unpaired) electrons. The van der Waals surface area contributed by atoms with E-state index in [4.69, 9.17) is 4.74 Å². The van der Waals surface area contributed by atoms with Crippen molar-refractivity contribution in [2.45, 2.75) is 38.9 Å². The molecule has 90 valence electrons. The molecular formula is C13H20O3.